The molecule has 0 saturated carbocycles. The first kappa shape index (κ1) is 9.31. The molecule has 0 saturated heterocycles. The van der Waals surface area contributed by atoms with Crippen LogP contribution in [0.25, 0.3) is 0 Å². The highest BCUT2D eigenvalue weighted by molar-refractivity contribution is 5.97. The average Bonchev–Trinajstić information content (AvgIpc) is 2.17. The van der Waals surface area contributed by atoms with E-state index in [9.17, 15) is 4.39 Å². The van der Waals surface area contributed by atoms with Crippen LogP contribution in [0.4, 0.5) is 4.39 Å². The fourth-order valence-corrected chi connectivity index (χ4v) is 0.877. The Hall–Kier alpha value is -1.78. The SMILES string of the molecule is COc1cc(/C(N)=N\O)ccc1F. The molecule has 0 radical (unpaired) electrons. The fourth-order valence-electron chi connectivity index (χ4n) is 0.877. The van der Waals surface area contributed by atoms with Crippen molar-refractivity contribution in [3.05, 3.63) is 29.6 Å². The van der Waals surface area contributed by atoms with Crippen LogP contribution in [-0.2, 0) is 0 Å². The van der Waals surface area contributed by atoms with Crippen LogP contribution in [-0.4, -0.2) is 18.2 Å². The quantitative estimate of drug-likeness (QED) is 0.311. The maximum Gasteiger partial charge on any atom is 0.170 e. The summed E-state index contributed by atoms with van der Waals surface area (Å²) < 4.78 is 17.6. The highest BCUT2D eigenvalue weighted by Gasteiger charge is 2.05. The highest BCUT2D eigenvalue weighted by Crippen LogP contribution is 2.17. The van der Waals surface area contributed by atoms with Crippen molar-refractivity contribution in [2.45, 2.75) is 0 Å². The van der Waals surface area contributed by atoms with Gasteiger partial charge in [-0.05, 0) is 18.2 Å². The smallest absolute Gasteiger partial charge is 0.170 e. The van der Waals surface area contributed by atoms with E-state index in [1.54, 1.807) is 0 Å². The zero-order valence-electron chi connectivity index (χ0n) is 6.99. The molecule has 1 aromatic carbocycles. The number of hydrogen-bond donors (Lipinski definition) is 2. The van der Waals surface area contributed by atoms with Crippen molar-refractivity contribution in [1.29, 1.82) is 0 Å². The molecule has 5 heteroatoms. The number of nitrogens with two attached hydrogens (primary N) is 1. The second-order valence-corrected chi connectivity index (χ2v) is 2.33. The molecule has 0 aliphatic heterocycles. The maximum atomic E-state index is 12.9. The topological polar surface area (TPSA) is 67.8 Å². The van der Waals surface area contributed by atoms with Gasteiger partial charge in [-0.2, -0.15) is 0 Å². The van der Waals surface area contributed by atoms with Crippen LogP contribution < -0.4 is 10.5 Å². The molecular formula is C8H9FN2O2. The fraction of sp³-hybridized carbons (Fsp3) is 0.125. The number of hydrogen-bond acceptors (Lipinski definition) is 3. The zero-order valence-corrected chi connectivity index (χ0v) is 6.99. The van der Waals surface area contributed by atoms with Crippen molar-refractivity contribution in [2.75, 3.05) is 7.11 Å². The Labute approximate surface area is 74.4 Å². The molecule has 0 aliphatic carbocycles. The molecule has 3 N–H and O–H groups in total. The van der Waals surface area contributed by atoms with Crippen molar-refractivity contribution in [1.82, 2.24) is 0 Å². The molecule has 0 aromatic heterocycles. The van der Waals surface area contributed by atoms with Crippen molar-refractivity contribution in [2.24, 2.45) is 10.9 Å². The molecule has 0 heterocycles. The Morgan fingerprint density at radius 1 is 1.62 bits per heavy atom. The van der Waals surface area contributed by atoms with Gasteiger partial charge in [-0.3, -0.25) is 0 Å². The molecule has 0 aliphatic rings. The standard InChI is InChI=1S/C8H9FN2O2/c1-13-7-4-5(8(10)11-12)2-3-6(7)9/h2-4,12H,1H3,(H2,10,11). The molecule has 13 heavy (non-hydrogen) atoms. The second kappa shape index (κ2) is 3.75. The Morgan fingerprint density at radius 3 is 2.85 bits per heavy atom. The maximum absolute atomic E-state index is 12.9. The zero-order chi connectivity index (χ0) is 9.84. The Morgan fingerprint density at radius 2 is 2.31 bits per heavy atom. The van der Waals surface area contributed by atoms with Crippen LogP contribution in [0, 0.1) is 5.82 Å². The number of benzene rings is 1. The van der Waals surface area contributed by atoms with Crippen molar-refractivity contribution in [3.63, 3.8) is 0 Å². The van der Waals surface area contributed by atoms with Gasteiger partial charge in [0.1, 0.15) is 0 Å². The lowest BCUT2D eigenvalue weighted by atomic mass is 10.2. The first-order valence-electron chi connectivity index (χ1n) is 3.50. The van der Waals surface area contributed by atoms with E-state index in [-0.39, 0.29) is 11.6 Å². The van der Waals surface area contributed by atoms with Crippen LogP contribution in [0.15, 0.2) is 23.4 Å². The number of methoxy groups -OCH3 is 1. The summed E-state index contributed by atoms with van der Waals surface area (Å²) in [6.07, 6.45) is 0. The molecule has 0 atom stereocenters. The summed E-state index contributed by atoms with van der Waals surface area (Å²) in [5.74, 6) is -0.514. The molecule has 4 nitrogen and oxygen atoms in total. The summed E-state index contributed by atoms with van der Waals surface area (Å²) in [7, 11) is 1.34. The van der Waals surface area contributed by atoms with Gasteiger partial charge in [0, 0.05) is 5.56 Å². The molecule has 1 aromatic rings. The van der Waals surface area contributed by atoms with Gasteiger partial charge in [0.2, 0.25) is 0 Å². The first-order chi connectivity index (χ1) is 6.19. The predicted molar refractivity (Wildman–Crippen MR) is 45.5 cm³/mol. The van der Waals surface area contributed by atoms with Gasteiger partial charge in [-0.15, -0.1) is 0 Å². The van der Waals surface area contributed by atoms with E-state index in [4.69, 9.17) is 15.7 Å². The van der Waals surface area contributed by atoms with Crippen LogP contribution >= 0.6 is 0 Å². The molecule has 0 unspecified atom stereocenters. The van der Waals surface area contributed by atoms with Gasteiger partial charge < -0.3 is 15.7 Å². The Bertz CT molecular complexity index is 339. The van der Waals surface area contributed by atoms with E-state index in [0.717, 1.165) is 0 Å². The van der Waals surface area contributed by atoms with E-state index in [0.29, 0.717) is 5.56 Å². The number of ether oxygens (including phenoxy) is 1. The predicted octanol–water partition coefficient (Wildman–Crippen LogP) is 0.929. The Kier molecular flexibility index (Phi) is 2.69. The third-order valence-corrected chi connectivity index (χ3v) is 1.55. The van der Waals surface area contributed by atoms with Crippen molar-refractivity contribution >= 4 is 5.84 Å². The summed E-state index contributed by atoms with van der Waals surface area (Å²) in [5.41, 5.74) is 5.69. The van der Waals surface area contributed by atoms with Crippen molar-refractivity contribution < 1.29 is 14.3 Å². The lowest BCUT2D eigenvalue weighted by Crippen LogP contribution is -2.13. The normalized spacial score (nSPS) is 11.4. The summed E-state index contributed by atoms with van der Waals surface area (Å²) in [4.78, 5) is 0. The number of halogens is 1. The molecule has 0 spiro atoms. The van der Waals surface area contributed by atoms with Gasteiger partial charge in [0.25, 0.3) is 0 Å². The van der Waals surface area contributed by atoms with Gasteiger partial charge in [-0.25, -0.2) is 4.39 Å². The van der Waals surface area contributed by atoms with Crippen LogP contribution in [0.2, 0.25) is 0 Å². The summed E-state index contributed by atoms with van der Waals surface area (Å²) >= 11 is 0. The van der Waals surface area contributed by atoms with Gasteiger partial charge in [0.15, 0.2) is 17.4 Å². The minimum atomic E-state index is -0.489. The van der Waals surface area contributed by atoms with E-state index >= 15 is 0 Å². The van der Waals surface area contributed by atoms with Crippen molar-refractivity contribution in [3.8, 4) is 5.75 Å². The van der Waals surface area contributed by atoms with E-state index in [2.05, 4.69) is 5.16 Å². The minimum Gasteiger partial charge on any atom is -0.494 e. The lowest BCUT2D eigenvalue weighted by Gasteiger charge is -2.03. The summed E-state index contributed by atoms with van der Waals surface area (Å²) in [6.45, 7) is 0. The number of amidine groups is 1. The van der Waals surface area contributed by atoms with Crippen LogP contribution in [0.1, 0.15) is 5.56 Å². The largest absolute Gasteiger partial charge is 0.494 e. The van der Waals surface area contributed by atoms with Crippen LogP contribution in [0.3, 0.4) is 0 Å². The van der Waals surface area contributed by atoms with Gasteiger partial charge in [-0.1, -0.05) is 5.16 Å². The van der Waals surface area contributed by atoms with Gasteiger partial charge >= 0.3 is 0 Å². The average molecular weight is 184 g/mol. The molecule has 0 bridgehead atoms. The Balaban J connectivity index is 3.13. The first-order valence-corrected chi connectivity index (χ1v) is 3.50. The molecule has 0 fully saturated rings. The monoisotopic (exact) mass is 184 g/mol. The third-order valence-electron chi connectivity index (χ3n) is 1.55. The van der Waals surface area contributed by atoms with E-state index in [1.165, 1.54) is 25.3 Å². The van der Waals surface area contributed by atoms with Gasteiger partial charge in [0.05, 0.1) is 7.11 Å². The number of nitrogens with zero attached hydrogens (tertiary/aromatic N) is 1. The third kappa shape index (κ3) is 1.87. The highest BCUT2D eigenvalue weighted by atomic mass is 19.1. The molecule has 1 rings (SSSR count). The number of oxime groups is 1. The molecular weight excluding hydrogens is 175 g/mol. The molecule has 0 amide bonds. The number of rotatable bonds is 2. The summed E-state index contributed by atoms with van der Waals surface area (Å²) in [5, 5.41) is 11.1. The summed E-state index contributed by atoms with van der Waals surface area (Å²) in [6, 6.07) is 3.93. The minimum absolute atomic E-state index is 0.0594. The van der Waals surface area contributed by atoms with E-state index in [1.807, 2.05) is 0 Å². The van der Waals surface area contributed by atoms with E-state index < -0.39 is 5.82 Å². The van der Waals surface area contributed by atoms with Crippen LogP contribution in [0.5, 0.6) is 5.75 Å². The molecule has 70 valence electrons. The lowest BCUT2D eigenvalue weighted by molar-refractivity contribution is 0.318. The second-order valence-electron chi connectivity index (χ2n) is 2.33.